The van der Waals surface area contributed by atoms with Crippen molar-refractivity contribution in [1.82, 2.24) is 10.2 Å². The number of β-amino-alcohol motifs (C(OH)–C–C–N with tert-alkyl or cyclic N) is 1. The highest BCUT2D eigenvalue weighted by Crippen LogP contribution is 2.17. The molecule has 4 heteroatoms. The molecule has 1 atom stereocenters. The van der Waals surface area contributed by atoms with Gasteiger partial charge in [-0.25, -0.2) is 0 Å². The lowest BCUT2D eigenvalue weighted by atomic mass is 10.1. The van der Waals surface area contributed by atoms with Crippen LogP contribution in [0.2, 0.25) is 0 Å². The summed E-state index contributed by atoms with van der Waals surface area (Å²) < 4.78 is 0. The number of nitrogens with zero attached hydrogens (tertiary/aromatic N) is 2. The highest BCUT2D eigenvalue weighted by atomic mass is 16.3. The lowest BCUT2D eigenvalue weighted by Crippen LogP contribution is -2.46. The molecule has 0 aliphatic carbocycles. The number of nitrogens with one attached hydrogen (secondary N) is 1. The molecule has 0 aromatic heterocycles. The summed E-state index contributed by atoms with van der Waals surface area (Å²) in [4.78, 5) is 6.45. The van der Waals surface area contributed by atoms with Gasteiger partial charge >= 0.3 is 0 Å². The van der Waals surface area contributed by atoms with Gasteiger partial charge in [-0.15, -0.1) is 0 Å². The first kappa shape index (κ1) is 16.5. The predicted octanol–water partition coefficient (Wildman–Crippen LogP) is 2.76. The minimum Gasteiger partial charge on any atom is -0.391 e. The first-order valence-corrected chi connectivity index (χ1v) is 8.65. The second-order valence-corrected chi connectivity index (χ2v) is 6.11. The molecule has 126 valence electrons. The third-order valence-corrected chi connectivity index (χ3v) is 4.23. The molecule has 2 aliphatic heterocycles. The van der Waals surface area contributed by atoms with Crippen LogP contribution in [0.1, 0.15) is 12.8 Å². The molecular weight excluding hydrogens is 298 g/mol. The van der Waals surface area contributed by atoms with Crippen molar-refractivity contribution in [2.75, 3.05) is 26.2 Å². The molecule has 24 heavy (non-hydrogen) atoms. The summed E-state index contributed by atoms with van der Waals surface area (Å²) in [5.41, 5.74) is 2.55. The maximum Gasteiger partial charge on any atom is 0.194 e. The van der Waals surface area contributed by atoms with E-state index in [1.807, 2.05) is 12.1 Å². The number of piperidine rings is 1. The Morgan fingerprint density at radius 1 is 0.958 bits per heavy atom. The topological polar surface area (TPSA) is 47.9 Å². The van der Waals surface area contributed by atoms with Crippen molar-refractivity contribution < 1.29 is 5.11 Å². The maximum absolute atomic E-state index is 9.42. The van der Waals surface area contributed by atoms with Crippen molar-refractivity contribution in [1.29, 1.82) is 0 Å². The van der Waals surface area contributed by atoms with E-state index >= 15 is 0 Å². The third-order valence-electron chi connectivity index (χ3n) is 4.23. The molecule has 4 nitrogen and oxygen atoms in total. The first-order chi connectivity index (χ1) is 11.8. The van der Waals surface area contributed by atoms with E-state index in [2.05, 4.69) is 63.7 Å². The fourth-order valence-corrected chi connectivity index (χ4v) is 3.01. The standard InChI is InChI=1S/C12H10.C8H15N3O/c1-3-7-11(8-4-1)12-9-5-2-6-10-12;12-7-2-1-5-11(6-7)8-9-3-4-10-8/h1-10H;7,12H,1-6H2,(H,9,10). The van der Waals surface area contributed by atoms with Crippen molar-refractivity contribution in [3.8, 4) is 11.1 Å². The van der Waals surface area contributed by atoms with Crippen LogP contribution < -0.4 is 5.32 Å². The molecule has 0 amide bonds. The highest BCUT2D eigenvalue weighted by molar-refractivity contribution is 5.81. The van der Waals surface area contributed by atoms with Gasteiger partial charge in [0.25, 0.3) is 0 Å². The van der Waals surface area contributed by atoms with Crippen LogP contribution in [0.3, 0.4) is 0 Å². The van der Waals surface area contributed by atoms with Crippen molar-refractivity contribution in [2.24, 2.45) is 4.99 Å². The molecular formula is C20H25N3O. The van der Waals surface area contributed by atoms with Gasteiger partial charge in [0.2, 0.25) is 0 Å². The van der Waals surface area contributed by atoms with Gasteiger partial charge in [-0.2, -0.15) is 0 Å². The van der Waals surface area contributed by atoms with Crippen LogP contribution >= 0.6 is 0 Å². The van der Waals surface area contributed by atoms with Crippen LogP contribution in [0.25, 0.3) is 11.1 Å². The average Bonchev–Trinajstić information content (AvgIpc) is 3.19. The molecule has 2 N–H and O–H groups in total. The van der Waals surface area contributed by atoms with Crippen molar-refractivity contribution in [3.63, 3.8) is 0 Å². The van der Waals surface area contributed by atoms with Crippen LogP contribution in [0.15, 0.2) is 65.7 Å². The van der Waals surface area contributed by atoms with Gasteiger partial charge in [0, 0.05) is 19.6 Å². The summed E-state index contributed by atoms with van der Waals surface area (Å²) >= 11 is 0. The number of hydrogen-bond donors (Lipinski definition) is 2. The third kappa shape index (κ3) is 4.59. The van der Waals surface area contributed by atoms with Crippen molar-refractivity contribution in [2.45, 2.75) is 18.9 Å². The lowest BCUT2D eigenvalue weighted by molar-refractivity contribution is 0.102. The van der Waals surface area contributed by atoms with Crippen molar-refractivity contribution in [3.05, 3.63) is 60.7 Å². The number of aliphatic hydroxyl groups is 1. The Morgan fingerprint density at radius 2 is 1.58 bits per heavy atom. The van der Waals surface area contributed by atoms with Crippen molar-refractivity contribution >= 4 is 5.96 Å². The Kier molecular flexibility index (Phi) is 5.85. The minimum absolute atomic E-state index is 0.163. The number of aliphatic imine (C=N–C) groups is 1. The number of rotatable bonds is 1. The Labute approximate surface area is 143 Å². The smallest absolute Gasteiger partial charge is 0.194 e. The van der Waals surface area contributed by atoms with Crippen LogP contribution in [-0.2, 0) is 0 Å². The Morgan fingerprint density at radius 3 is 2.08 bits per heavy atom. The lowest BCUT2D eigenvalue weighted by Gasteiger charge is -2.31. The summed E-state index contributed by atoms with van der Waals surface area (Å²) in [7, 11) is 0. The van der Waals surface area contributed by atoms with Gasteiger partial charge in [-0.3, -0.25) is 4.99 Å². The molecule has 2 aromatic rings. The molecule has 0 saturated carbocycles. The summed E-state index contributed by atoms with van der Waals surface area (Å²) in [6.45, 7) is 3.60. The molecule has 2 aliphatic rings. The quantitative estimate of drug-likeness (QED) is 0.848. The van der Waals surface area contributed by atoms with Crippen LogP contribution in [0, 0.1) is 0 Å². The monoisotopic (exact) mass is 323 g/mol. The zero-order valence-electron chi connectivity index (χ0n) is 13.9. The molecule has 0 spiro atoms. The Hall–Kier alpha value is -2.33. The van der Waals surface area contributed by atoms with Gasteiger partial charge in [-0.05, 0) is 24.0 Å². The number of benzene rings is 2. The van der Waals surface area contributed by atoms with Gasteiger partial charge in [0.05, 0.1) is 12.6 Å². The molecule has 0 bridgehead atoms. The van der Waals surface area contributed by atoms with E-state index in [0.717, 1.165) is 45.0 Å². The summed E-state index contributed by atoms with van der Waals surface area (Å²) in [6, 6.07) is 20.8. The summed E-state index contributed by atoms with van der Waals surface area (Å²) in [5, 5.41) is 12.6. The fourth-order valence-electron chi connectivity index (χ4n) is 3.01. The molecule has 2 heterocycles. The SMILES string of the molecule is OC1CCCN(C2=NCCN2)C1.c1ccc(-c2ccccc2)cc1. The normalized spacial score (nSPS) is 19.8. The largest absolute Gasteiger partial charge is 0.391 e. The van der Waals surface area contributed by atoms with E-state index < -0.39 is 0 Å². The van der Waals surface area contributed by atoms with Crippen LogP contribution in [0.5, 0.6) is 0 Å². The number of likely N-dealkylation sites (tertiary alicyclic amines) is 1. The molecule has 1 unspecified atom stereocenters. The second-order valence-electron chi connectivity index (χ2n) is 6.11. The first-order valence-electron chi connectivity index (χ1n) is 8.65. The predicted molar refractivity (Wildman–Crippen MR) is 99.0 cm³/mol. The van der Waals surface area contributed by atoms with Crippen LogP contribution in [0.4, 0.5) is 0 Å². The van der Waals surface area contributed by atoms with E-state index in [0.29, 0.717) is 0 Å². The molecule has 4 rings (SSSR count). The maximum atomic E-state index is 9.42. The summed E-state index contributed by atoms with van der Waals surface area (Å²) in [6.07, 6.45) is 1.84. The summed E-state index contributed by atoms with van der Waals surface area (Å²) in [5.74, 6) is 0.980. The molecule has 0 radical (unpaired) electrons. The van der Waals surface area contributed by atoms with Gasteiger partial charge < -0.3 is 15.3 Å². The average molecular weight is 323 g/mol. The molecule has 1 fully saturated rings. The second kappa shape index (κ2) is 8.50. The Bertz CT molecular complexity index is 605. The minimum atomic E-state index is -0.163. The van der Waals surface area contributed by atoms with Gasteiger partial charge in [-0.1, -0.05) is 60.7 Å². The zero-order valence-corrected chi connectivity index (χ0v) is 13.9. The number of hydrogen-bond acceptors (Lipinski definition) is 4. The number of aliphatic hydroxyl groups excluding tert-OH is 1. The zero-order chi connectivity index (χ0) is 16.6. The Balaban J connectivity index is 0.000000141. The van der Waals surface area contributed by atoms with Crippen LogP contribution in [-0.4, -0.2) is 48.2 Å². The van der Waals surface area contributed by atoms with E-state index in [4.69, 9.17) is 0 Å². The molecule has 1 saturated heterocycles. The van der Waals surface area contributed by atoms with E-state index in [1.54, 1.807) is 0 Å². The van der Waals surface area contributed by atoms with E-state index in [1.165, 1.54) is 11.1 Å². The molecule has 2 aromatic carbocycles. The highest BCUT2D eigenvalue weighted by Gasteiger charge is 2.21. The fraction of sp³-hybridized carbons (Fsp3) is 0.350. The van der Waals surface area contributed by atoms with Gasteiger partial charge in [0.1, 0.15) is 0 Å². The van der Waals surface area contributed by atoms with E-state index in [9.17, 15) is 5.11 Å². The van der Waals surface area contributed by atoms with E-state index in [-0.39, 0.29) is 6.10 Å². The number of guanidine groups is 1. The van der Waals surface area contributed by atoms with Gasteiger partial charge in [0.15, 0.2) is 5.96 Å².